The Bertz CT molecular complexity index is 1150. The normalized spacial score (nSPS) is 13.2. The number of ether oxygens (including phenoxy) is 3. The van der Waals surface area contributed by atoms with E-state index in [2.05, 4.69) is 5.32 Å². The first-order chi connectivity index (χ1) is 17.2. The van der Waals surface area contributed by atoms with Gasteiger partial charge in [0.1, 0.15) is 12.6 Å². The van der Waals surface area contributed by atoms with Gasteiger partial charge in [-0.2, -0.15) is 0 Å². The minimum absolute atomic E-state index is 0.0151. The number of nitrogens with zero attached hydrogens (tertiary/aromatic N) is 2. The lowest BCUT2D eigenvalue weighted by atomic mass is 10.1. The van der Waals surface area contributed by atoms with Gasteiger partial charge < -0.3 is 19.5 Å². The predicted molar refractivity (Wildman–Crippen MR) is 124 cm³/mol. The number of carbonyl (C=O) groups excluding carboxylic acids is 4. The van der Waals surface area contributed by atoms with E-state index in [1.54, 1.807) is 24.3 Å². The van der Waals surface area contributed by atoms with Crippen LogP contribution in [0.3, 0.4) is 0 Å². The van der Waals surface area contributed by atoms with Crippen LogP contribution in [0.2, 0.25) is 0 Å². The van der Waals surface area contributed by atoms with Gasteiger partial charge in [0.2, 0.25) is 6.79 Å². The van der Waals surface area contributed by atoms with E-state index >= 15 is 0 Å². The van der Waals surface area contributed by atoms with Crippen molar-refractivity contribution in [3.05, 3.63) is 75.3 Å². The van der Waals surface area contributed by atoms with Crippen molar-refractivity contribution in [1.82, 2.24) is 10.2 Å². The summed E-state index contributed by atoms with van der Waals surface area (Å²) in [5, 5.41) is 13.5. The number of esters is 1. The number of hydrogen-bond donors (Lipinski definition) is 1. The van der Waals surface area contributed by atoms with Gasteiger partial charge in [0.25, 0.3) is 11.6 Å². The van der Waals surface area contributed by atoms with Gasteiger partial charge in [-0.05, 0) is 38.3 Å². The third kappa shape index (κ3) is 7.01. The third-order valence-corrected chi connectivity index (χ3v) is 5.26. The van der Waals surface area contributed by atoms with Gasteiger partial charge in [0.05, 0.1) is 4.92 Å². The molecule has 190 valence electrons. The topological polar surface area (TPSA) is 154 Å². The number of benzene rings is 2. The SMILES string of the molecule is Cc1ccc(C(=O)N(C(=O)OCOC(=O)[C@H](C)NC(=O)OCc2ccccc2)C2CC2)cc1[N+](=O)[O-]. The molecule has 0 spiro atoms. The molecule has 1 aliphatic rings. The van der Waals surface area contributed by atoms with Gasteiger partial charge in [0.15, 0.2) is 0 Å². The van der Waals surface area contributed by atoms with Crippen molar-refractivity contribution in [3.63, 3.8) is 0 Å². The Hall–Kier alpha value is -4.48. The Morgan fingerprint density at radius 2 is 1.78 bits per heavy atom. The van der Waals surface area contributed by atoms with Crippen LogP contribution in [-0.2, 0) is 25.6 Å². The maximum atomic E-state index is 12.9. The van der Waals surface area contributed by atoms with E-state index in [-0.39, 0.29) is 17.9 Å². The van der Waals surface area contributed by atoms with E-state index in [1.165, 1.54) is 26.0 Å². The standard InChI is InChI=1S/C24H25N3O9/c1-15-8-9-18(12-20(15)27(32)33)21(28)26(19-10-11-19)24(31)36-14-35-22(29)16(2)25-23(30)34-13-17-6-4-3-5-7-17/h3-9,12,16,19H,10-11,13-14H2,1-2H3,(H,25,30)/t16-/m0/s1. The Morgan fingerprint density at radius 3 is 2.42 bits per heavy atom. The predicted octanol–water partition coefficient (Wildman–Crippen LogP) is 3.46. The summed E-state index contributed by atoms with van der Waals surface area (Å²) in [4.78, 5) is 60.8. The number of nitro groups is 1. The molecule has 1 atom stereocenters. The second-order valence-corrected chi connectivity index (χ2v) is 8.08. The monoisotopic (exact) mass is 499 g/mol. The molecule has 0 aliphatic heterocycles. The van der Waals surface area contributed by atoms with Crippen LogP contribution in [0.15, 0.2) is 48.5 Å². The van der Waals surface area contributed by atoms with Crippen molar-refractivity contribution >= 4 is 29.8 Å². The molecule has 3 rings (SSSR count). The molecule has 36 heavy (non-hydrogen) atoms. The van der Waals surface area contributed by atoms with Crippen LogP contribution in [0.25, 0.3) is 0 Å². The molecule has 2 aromatic rings. The van der Waals surface area contributed by atoms with Gasteiger partial charge in [-0.3, -0.25) is 14.9 Å². The van der Waals surface area contributed by atoms with Gasteiger partial charge in [-0.15, -0.1) is 0 Å². The molecule has 3 amide bonds. The Balaban J connectivity index is 1.48. The fourth-order valence-corrected chi connectivity index (χ4v) is 3.14. The summed E-state index contributed by atoms with van der Waals surface area (Å²) < 4.78 is 14.8. The average molecular weight is 499 g/mol. The highest BCUT2D eigenvalue weighted by atomic mass is 16.7. The summed E-state index contributed by atoms with van der Waals surface area (Å²) in [5.41, 5.74) is 0.850. The third-order valence-electron chi connectivity index (χ3n) is 5.26. The number of carbonyl (C=O) groups is 4. The number of amides is 3. The maximum absolute atomic E-state index is 12.9. The zero-order chi connectivity index (χ0) is 26.2. The van der Waals surface area contributed by atoms with Gasteiger partial charge in [-0.1, -0.05) is 36.4 Å². The zero-order valence-electron chi connectivity index (χ0n) is 19.7. The van der Waals surface area contributed by atoms with Crippen molar-refractivity contribution < 1.29 is 38.3 Å². The summed E-state index contributed by atoms with van der Waals surface area (Å²) in [6, 6.07) is 11.3. The number of imide groups is 1. The molecule has 0 unspecified atom stereocenters. The Morgan fingerprint density at radius 1 is 1.08 bits per heavy atom. The molecule has 0 saturated heterocycles. The lowest BCUT2D eigenvalue weighted by Crippen LogP contribution is -2.41. The molecule has 0 heterocycles. The lowest BCUT2D eigenvalue weighted by molar-refractivity contribution is -0.385. The van der Waals surface area contributed by atoms with Crippen molar-refractivity contribution in [2.75, 3.05) is 6.79 Å². The van der Waals surface area contributed by atoms with Crippen molar-refractivity contribution in [2.45, 2.75) is 45.4 Å². The molecule has 2 aromatic carbocycles. The second kappa shape index (κ2) is 11.8. The van der Waals surface area contributed by atoms with Crippen LogP contribution in [-0.4, -0.2) is 52.8 Å². The number of aryl methyl sites for hydroxylation is 1. The van der Waals surface area contributed by atoms with Crippen LogP contribution in [0.5, 0.6) is 0 Å². The van der Waals surface area contributed by atoms with E-state index in [4.69, 9.17) is 14.2 Å². The highest BCUT2D eigenvalue weighted by Crippen LogP contribution is 2.30. The highest BCUT2D eigenvalue weighted by molar-refractivity contribution is 6.04. The largest absolute Gasteiger partial charge is 0.445 e. The minimum Gasteiger partial charge on any atom is -0.445 e. The molecular formula is C24H25N3O9. The zero-order valence-corrected chi connectivity index (χ0v) is 19.7. The second-order valence-electron chi connectivity index (χ2n) is 8.08. The number of nitro benzene ring substituents is 1. The lowest BCUT2D eigenvalue weighted by Gasteiger charge is -2.20. The van der Waals surface area contributed by atoms with Gasteiger partial charge in [0, 0.05) is 23.2 Å². The van der Waals surface area contributed by atoms with Crippen LogP contribution in [0.4, 0.5) is 15.3 Å². The maximum Gasteiger partial charge on any atom is 0.419 e. The van der Waals surface area contributed by atoms with Crippen LogP contribution in [0, 0.1) is 17.0 Å². The summed E-state index contributed by atoms with van der Waals surface area (Å²) in [6.45, 7) is 2.11. The number of hydrogen-bond acceptors (Lipinski definition) is 9. The quantitative estimate of drug-likeness (QED) is 0.236. The fraction of sp³-hybridized carbons (Fsp3) is 0.333. The Kier molecular flexibility index (Phi) is 8.55. The van der Waals surface area contributed by atoms with E-state index in [1.807, 2.05) is 6.07 Å². The number of rotatable bonds is 9. The molecule has 1 fully saturated rings. The highest BCUT2D eigenvalue weighted by Gasteiger charge is 2.39. The summed E-state index contributed by atoms with van der Waals surface area (Å²) in [5.74, 6) is -1.65. The first-order valence-corrected chi connectivity index (χ1v) is 11.1. The molecule has 0 radical (unpaired) electrons. The molecule has 0 aromatic heterocycles. The minimum atomic E-state index is -1.10. The smallest absolute Gasteiger partial charge is 0.419 e. The summed E-state index contributed by atoms with van der Waals surface area (Å²) >= 11 is 0. The van der Waals surface area contributed by atoms with Crippen LogP contribution < -0.4 is 5.32 Å². The first kappa shape index (κ1) is 26.1. The van der Waals surface area contributed by atoms with E-state index in [9.17, 15) is 29.3 Å². The van der Waals surface area contributed by atoms with E-state index in [0.717, 1.165) is 16.5 Å². The molecule has 1 aliphatic carbocycles. The Labute approximate surface area is 206 Å². The first-order valence-electron chi connectivity index (χ1n) is 11.1. The van der Waals surface area contributed by atoms with Gasteiger partial charge >= 0.3 is 18.2 Å². The molecule has 0 bridgehead atoms. The molecule has 1 saturated carbocycles. The van der Waals surface area contributed by atoms with Crippen molar-refractivity contribution in [1.29, 1.82) is 0 Å². The van der Waals surface area contributed by atoms with Gasteiger partial charge in [-0.25, -0.2) is 19.3 Å². The average Bonchev–Trinajstić information content (AvgIpc) is 3.68. The van der Waals surface area contributed by atoms with Crippen LogP contribution in [0.1, 0.15) is 41.3 Å². The van der Waals surface area contributed by atoms with E-state index < -0.39 is 47.9 Å². The number of alkyl carbamates (subject to hydrolysis) is 1. The summed E-state index contributed by atoms with van der Waals surface area (Å²) in [6.07, 6.45) is -0.777. The number of nitrogens with one attached hydrogen (secondary N) is 1. The fourth-order valence-electron chi connectivity index (χ4n) is 3.14. The molecule has 1 N–H and O–H groups in total. The van der Waals surface area contributed by atoms with Crippen molar-refractivity contribution in [3.8, 4) is 0 Å². The van der Waals surface area contributed by atoms with E-state index in [0.29, 0.717) is 18.4 Å². The van der Waals surface area contributed by atoms with Crippen molar-refractivity contribution in [2.24, 2.45) is 0 Å². The van der Waals surface area contributed by atoms with Crippen LogP contribution >= 0.6 is 0 Å². The summed E-state index contributed by atoms with van der Waals surface area (Å²) in [7, 11) is 0. The molecule has 12 heteroatoms. The molecular weight excluding hydrogens is 474 g/mol. The molecule has 12 nitrogen and oxygen atoms in total.